The largest absolute Gasteiger partial charge is 0.383 e. The second-order valence-electron chi connectivity index (χ2n) is 9.72. The van der Waals surface area contributed by atoms with E-state index in [4.69, 9.17) is 16.6 Å². The first kappa shape index (κ1) is 26.4. The molecule has 0 bridgehead atoms. The number of rotatable bonds is 7. The van der Waals surface area contributed by atoms with E-state index in [1.165, 1.54) is 18.1 Å². The van der Waals surface area contributed by atoms with Gasteiger partial charge in [0.1, 0.15) is 17.8 Å². The summed E-state index contributed by atoms with van der Waals surface area (Å²) >= 11 is 1.47. The van der Waals surface area contributed by atoms with E-state index in [9.17, 15) is 4.79 Å². The molecule has 10 heteroatoms. The highest BCUT2D eigenvalue weighted by molar-refractivity contribution is 7.99. The van der Waals surface area contributed by atoms with Crippen LogP contribution in [-0.2, 0) is 6.54 Å². The second kappa shape index (κ2) is 10.6. The summed E-state index contributed by atoms with van der Waals surface area (Å²) in [6.07, 6.45) is 1.43. The number of anilines is 1. The highest BCUT2D eigenvalue weighted by Crippen LogP contribution is 2.36. The molecule has 3 heterocycles. The Morgan fingerprint density at radius 3 is 2.56 bits per heavy atom. The lowest BCUT2D eigenvalue weighted by molar-refractivity contribution is 0.671. The standard InChI is InChI=1S/C31H28N8OS/c1-18-7-4-5-10-24(18)39-22(13-20-9-6-8-19(2)26(20)31(39)40)15-38-30-27(29(33)35-17-36-30)28(37-38)21-11-12-23(34-3)25(14-21)41-16-32/h4-14,17H,3,15-16,32H2,1-2H3,(H2,33,35,36). The topological polar surface area (TPSA) is 130 Å². The van der Waals surface area contributed by atoms with Crippen LogP contribution in [0.25, 0.3) is 38.8 Å². The lowest BCUT2D eigenvalue weighted by atomic mass is 10.1. The number of nitrogens with zero attached hydrogens (tertiary/aromatic N) is 6. The average molecular weight is 561 g/mol. The van der Waals surface area contributed by atoms with Crippen molar-refractivity contribution in [3.63, 3.8) is 0 Å². The third-order valence-electron chi connectivity index (χ3n) is 7.20. The van der Waals surface area contributed by atoms with Crippen molar-refractivity contribution in [1.29, 1.82) is 0 Å². The van der Waals surface area contributed by atoms with Crippen molar-refractivity contribution in [2.75, 3.05) is 11.6 Å². The number of hydrogen-bond donors (Lipinski definition) is 2. The Labute approximate surface area is 240 Å². The lowest BCUT2D eigenvalue weighted by Crippen LogP contribution is -2.25. The summed E-state index contributed by atoms with van der Waals surface area (Å²) in [6.45, 7) is 7.91. The second-order valence-corrected chi connectivity index (χ2v) is 10.8. The van der Waals surface area contributed by atoms with Crippen LogP contribution in [-0.4, -0.2) is 36.9 Å². The first-order valence-electron chi connectivity index (χ1n) is 13.0. The van der Waals surface area contributed by atoms with Crippen molar-refractivity contribution in [3.05, 3.63) is 100 Å². The third-order valence-corrected chi connectivity index (χ3v) is 8.01. The van der Waals surface area contributed by atoms with Crippen LogP contribution in [0.3, 0.4) is 0 Å². The summed E-state index contributed by atoms with van der Waals surface area (Å²) in [5.41, 5.74) is 18.4. The molecule has 41 heavy (non-hydrogen) atoms. The average Bonchev–Trinajstić information content (AvgIpc) is 3.33. The Kier molecular flexibility index (Phi) is 6.86. The Morgan fingerprint density at radius 1 is 0.976 bits per heavy atom. The summed E-state index contributed by atoms with van der Waals surface area (Å²) in [5.74, 6) is 0.713. The van der Waals surface area contributed by atoms with E-state index < -0.39 is 0 Å². The first-order valence-corrected chi connectivity index (χ1v) is 14.0. The van der Waals surface area contributed by atoms with Gasteiger partial charge in [0.15, 0.2) is 5.65 Å². The number of thioether (sulfide) groups is 1. The number of nitrogens with two attached hydrogens (primary N) is 2. The van der Waals surface area contributed by atoms with Crippen LogP contribution < -0.4 is 17.0 Å². The fourth-order valence-electron chi connectivity index (χ4n) is 5.28. The lowest BCUT2D eigenvalue weighted by Gasteiger charge is -2.17. The highest BCUT2D eigenvalue weighted by Gasteiger charge is 2.21. The summed E-state index contributed by atoms with van der Waals surface area (Å²) in [5, 5.41) is 7.19. The Hall–Kier alpha value is -4.80. The molecule has 0 atom stereocenters. The molecule has 0 radical (unpaired) electrons. The van der Waals surface area contributed by atoms with E-state index in [0.29, 0.717) is 33.8 Å². The van der Waals surface area contributed by atoms with Gasteiger partial charge in [0.05, 0.1) is 28.7 Å². The summed E-state index contributed by atoms with van der Waals surface area (Å²) < 4.78 is 3.56. The van der Waals surface area contributed by atoms with Gasteiger partial charge in [-0.05, 0) is 61.3 Å². The summed E-state index contributed by atoms with van der Waals surface area (Å²) in [6, 6.07) is 21.6. The van der Waals surface area contributed by atoms with E-state index in [0.717, 1.165) is 44.0 Å². The zero-order valence-corrected chi connectivity index (χ0v) is 23.5. The minimum Gasteiger partial charge on any atom is -0.383 e. The maximum absolute atomic E-state index is 14.1. The van der Waals surface area contributed by atoms with E-state index in [1.807, 2.05) is 74.5 Å². The molecule has 6 rings (SSSR count). The first-order chi connectivity index (χ1) is 19.9. The van der Waals surface area contributed by atoms with Gasteiger partial charge < -0.3 is 11.5 Å². The van der Waals surface area contributed by atoms with Crippen molar-refractivity contribution in [1.82, 2.24) is 24.3 Å². The number of aryl methyl sites for hydroxylation is 2. The van der Waals surface area contributed by atoms with Gasteiger partial charge in [0.2, 0.25) is 0 Å². The SMILES string of the molecule is C=Nc1ccc(-c2nn(Cc3cc4cccc(C)c4c(=O)n3-c3ccccc3C)c3ncnc(N)c23)cc1SCN. The van der Waals surface area contributed by atoms with Gasteiger partial charge >= 0.3 is 0 Å². The number of benzene rings is 3. The molecule has 3 aromatic heterocycles. The zero-order valence-electron chi connectivity index (χ0n) is 22.7. The van der Waals surface area contributed by atoms with Crippen molar-refractivity contribution in [2.45, 2.75) is 25.3 Å². The van der Waals surface area contributed by atoms with Crippen LogP contribution in [0, 0.1) is 13.8 Å². The number of pyridine rings is 1. The van der Waals surface area contributed by atoms with E-state index in [2.05, 4.69) is 27.7 Å². The molecule has 0 amide bonds. The number of fused-ring (bicyclic) bond motifs is 2. The maximum Gasteiger partial charge on any atom is 0.263 e. The van der Waals surface area contributed by atoms with Crippen molar-refractivity contribution in [2.24, 2.45) is 10.7 Å². The van der Waals surface area contributed by atoms with E-state index in [1.54, 1.807) is 9.25 Å². The van der Waals surface area contributed by atoms with Gasteiger partial charge in [0, 0.05) is 22.0 Å². The fraction of sp³-hybridized carbons (Fsp3) is 0.129. The van der Waals surface area contributed by atoms with Crippen molar-refractivity contribution in [3.8, 4) is 16.9 Å². The summed E-state index contributed by atoms with van der Waals surface area (Å²) in [4.78, 5) is 27.9. The molecule has 4 N–H and O–H groups in total. The minimum absolute atomic E-state index is 0.0771. The molecule has 0 aliphatic heterocycles. The van der Waals surface area contributed by atoms with Crippen LogP contribution >= 0.6 is 11.8 Å². The third kappa shape index (κ3) is 4.56. The van der Waals surface area contributed by atoms with Gasteiger partial charge in [-0.3, -0.25) is 14.4 Å². The van der Waals surface area contributed by atoms with Crippen LogP contribution in [0.5, 0.6) is 0 Å². The van der Waals surface area contributed by atoms with Crippen LogP contribution in [0.1, 0.15) is 16.8 Å². The number of aliphatic imine (C=N–C) groups is 1. The normalized spacial score (nSPS) is 11.4. The van der Waals surface area contributed by atoms with Gasteiger partial charge in [-0.15, -0.1) is 11.8 Å². The molecule has 0 aliphatic rings. The number of para-hydroxylation sites is 1. The van der Waals surface area contributed by atoms with Crippen LogP contribution in [0.15, 0.2) is 87.7 Å². The van der Waals surface area contributed by atoms with Gasteiger partial charge in [-0.25, -0.2) is 14.6 Å². The predicted octanol–water partition coefficient (Wildman–Crippen LogP) is 5.39. The maximum atomic E-state index is 14.1. The molecule has 0 saturated heterocycles. The molecule has 0 spiro atoms. The Bertz CT molecular complexity index is 2030. The Morgan fingerprint density at radius 2 is 1.78 bits per heavy atom. The Balaban J connectivity index is 1.59. The number of hydrogen-bond acceptors (Lipinski definition) is 8. The quantitative estimate of drug-likeness (QED) is 0.152. The van der Waals surface area contributed by atoms with Crippen molar-refractivity contribution < 1.29 is 0 Å². The van der Waals surface area contributed by atoms with Gasteiger partial charge in [-0.1, -0.05) is 42.5 Å². The molecule has 0 aliphatic carbocycles. The molecule has 0 saturated carbocycles. The molecule has 6 aromatic rings. The van der Waals surface area contributed by atoms with E-state index >= 15 is 0 Å². The molecule has 0 unspecified atom stereocenters. The van der Waals surface area contributed by atoms with Crippen molar-refractivity contribution >= 4 is 51.8 Å². The number of nitrogen functional groups attached to an aromatic ring is 1. The van der Waals surface area contributed by atoms with Crippen LogP contribution in [0.2, 0.25) is 0 Å². The van der Waals surface area contributed by atoms with Gasteiger partial charge in [-0.2, -0.15) is 5.10 Å². The number of aromatic nitrogens is 5. The molecular weight excluding hydrogens is 532 g/mol. The molecular formula is C31H28N8OS. The molecule has 3 aromatic carbocycles. The van der Waals surface area contributed by atoms with E-state index in [-0.39, 0.29) is 12.1 Å². The van der Waals surface area contributed by atoms with Gasteiger partial charge in [0.25, 0.3) is 5.56 Å². The highest BCUT2D eigenvalue weighted by atomic mass is 32.2. The molecule has 9 nitrogen and oxygen atoms in total. The zero-order chi connectivity index (χ0) is 28.7. The molecule has 0 fully saturated rings. The fourth-order valence-corrected chi connectivity index (χ4v) is 5.95. The monoisotopic (exact) mass is 560 g/mol. The minimum atomic E-state index is -0.0771. The summed E-state index contributed by atoms with van der Waals surface area (Å²) in [7, 11) is 0. The molecule has 204 valence electrons. The predicted molar refractivity (Wildman–Crippen MR) is 167 cm³/mol. The van der Waals surface area contributed by atoms with Crippen LogP contribution in [0.4, 0.5) is 11.5 Å². The smallest absolute Gasteiger partial charge is 0.263 e.